The van der Waals surface area contributed by atoms with Gasteiger partial charge in [-0.2, -0.15) is 0 Å². The van der Waals surface area contributed by atoms with Crippen LogP contribution < -0.4 is 5.32 Å². The summed E-state index contributed by atoms with van der Waals surface area (Å²) in [5.41, 5.74) is 1.05. The van der Waals surface area contributed by atoms with E-state index in [-0.39, 0.29) is 0 Å². The molecule has 0 amide bonds. The summed E-state index contributed by atoms with van der Waals surface area (Å²) in [6.07, 6.45) is 5.31. The molecule has 0 spiro atoms. The van der Waals surface area contributed by atoms with Crippen molar-refractivity contribution in [3.05, 3.63) is 29.8 Å². The van der Waals surface area contributed by atoms with Crippen LogP contribution in [0.5, 0.6) is 5.75 Å². The number of hydrogen-bond acceptors (Lipinski definition) is 3. The molecule has 1 unspecified atom stereocenters. The molecule has 1 heterocycles. The highest BCUT2D eigenvalue weighted by Gasteiger charge is 2.26. The van der Waals surface area contributed by atoms with Crippen LogP contribution in [-0.2, 0) is 0 Å². The SMILES string of the molecule is CC(c1ccccc1O)N1CCC(NCC2CC2)CC1. The smallest absolute Gasteiger partial charge is 0.120 e. The van der Waals surface area contributed by atoms with E-state index < -0.39 is 0 Å². The highest BCUT2D eigenvalue weighted by atomic mass is 16.3. The van der Waals surface area contributed by atoms with Crippen LogP contribution in [0.1, 0.15) is 44.2 Å². The molecule has 0 radical (unpaired) electrons. The highest BCUT2D eigenvalue weighted by Crippen LogP contribution is 2.31. The van der Waals surface area contributed by atoms with Gasteiger partial charge in [-0.05, 0) is 51.1 Å². The molecule has 2 aliphatic rings. The van der Waals surface area contributed by atoms with Crippen molar-refractivity contribution in [3.8, 4) is 5.75 Å². The molecule has 1 saturated heterocycles. The number of aromatic hydroxyl groups is 1. The zero-order valence-corrected chi connectivity index (χ0v) is 12.4. The molecule has 1 atom stereocenters. The summed E-state index contributed by atoms with van der Waals surface area (Å²) in [4.78, 5) is 2.49. The second-order valence-corrected chi connectivity index (χ2v) is 6.40. The Balaban J connectivity index is 1.50. The number of likely N-dealkylation sites (tertiary alicyclic amines) is 1. The number of phenols is 1. The van der Waals surface area contributed by atoms with Gasteiger partial charge in [0.25, 0.3) is 0 Å². The van der Waals surface area contributed by atoms with Crippen molar-refractivity contribution in [1.29, 1.82) is 0 Å². The van der Waals surface area contributed by atoms with Crippen LogP contribution in [0.3, 0.4) is 0 Å². The summed E-state index contributed by atoms with van der Waals surface area (Å²) in [6.45, 7) is 5.67. The van der Waals surface area contributed by atoms with E-state index in [2.05, 4.69) is 17.1 Å². The van der Waals surface area contributed by atoms with Crippen LogP contribution in [0.15, 0.2) is 24.3 Å². The largest absolute Gasteiger partial charge is 0.508 e. The lowest BCUT2D eigenvalue weighted by atomic mass is 9.99. The molecule has 110 valence electrons. The summed E-state index contributed by atoms with van der Waals surface area (Å²) in [5.74, 6) is 1.39. The molecule has 0 aromatic heterocycles. The van der Waals surface area contributed by atoms with Crippen molar-refractivity contribution < 1.29 is 5.11 Å². The third-order valence-corrected chi connectivity index (χ3v) is 4.86. The van der Waals surface area contributed by atoms with Crippen LogP contribution >= 0.6 is 0 Å². The molecule has 3 rings (SSSR count). The first-order valence-electron chi connectivity index (χ1n) is 7.99. The molecule has 2 fully saturated rings. The van der Waals surface area contributed by atoms with E-state index >= 15 is 0 Å². The maximum absolute atomic E-state index is 9.98. The molecule has 3 heteroatoms. The number of para-hydroxylation sites is 1. The molecule has 1 aliphatic carbocycles. The summed E-state index contributed by atoms with van der Waals surface area (Å²) < 4.78 is 0. The fourth-order valence-electron chi connectivity index (χ4n) is 3.18. The Bertz CT molecular complexity index is 436. The van der Waals surface area contributed by atoms with E-state index in [9.17, 15) is 5.11 Å². The molecule has 3 nitrogen and oxygen atoms in total. The third kappa shape index (κ3) is 3.33. The van der Waals surface area contributed by atoms with Gasteiger partial charge in [0, 0.05) is 30.7 Å². The molecule has 1 aromatic carbocycles. The minimum Gasteiger partial charge on any atom is -0.508 e. The zero-order chi connectivity index (χ0) is 13.9. The standard InChI is InChI=1S/C17H26N2O/c1-13(16-4-2-3-5-17(16)20)19-10-8-15(9-11-19)18-12-14-6-7-14/h2-5,13-15,18,20H,6-12H2,1H3. The van der Waals surface area contributed by atoms with Crippen LogP contribution in [0, 0.1) is 5.92 Å². The lowest BCUT2D eigenvalue weighted by molar-refractivity contribution is 0.150. The predicted octanol–water partition coefficient (Wildman–Crippen LogP) is 2.92. The van der Waals surface area contributed by atoms with Gasteiger partial charge in [-0.3, -0.25) is 4.90 Å². The predicted molar refractivity (Wildman–Crippen MR) is 81.8 cm³/mol. The van der Waals surface area contributed by atoms with Crippen LogP contribution in [-0.4, -0.2) is 35.7 Å². The van der Waals surface area contributed by atoms with Gasteiger partial charge >= 0.3 is 0 Å². The topological polar surface area (TPSA) is 35.5 Å². The van der Waals surface area contributed by atoms with E-state index in [4.69, 9.17) is 0 Å². The van der Waals surface area contributed by atoms with Crippen molar-refractivity contribution in [3.63, 3.8) is 0 Å². The average molecular weight is 274 g/mol. The molecule has 2 N–H and O–H groups in total. The summed E-state index contributed by atoms with van der Waals surface area (Å²) in [7, 11) is 0. The third-order valence-electron chi connectivity index (χ3n) is 4.86. The van der Waals surface area contributed by atoms with Crippen LogP contribution in [0.4, 0.5) is 0 Å². The Hall–Kier alpha value is -1.06. The fraction of sp³-hybridized carbons (Fsp3) is 0.647. The number of benzene rings is 1. The second kappa shape index (κ2) is 6.15. The first-order chi connectivity index (χ1) is 9.74. The minimum atomic E-state index is 0.306. The number of rotatable bonds is 5. The molecule has 1 saturated carbocycles. The molecule has 1 aliphatic heterocycles. The summed E-state index contributed by atoms with van der Waals surface area (Å²) in [5, 5.41) is 13.7. The zero-order valence-electron chi connectivity index (χ0n) is 12.4. The van der Waals surface area contributed by atoms with Gasteiger partial charge in [-0.15, -0.1) is 0 Å². The first kappa shape index (κ1) is 13.9. The Morgan fingerprint density at radius 2 is 1.90 bits per heavy atom. The van der Waals surface area contributed by atoms with Crippen molar-refractivity contribution >= 4 is 0 Å². The van der Waals surface area contributed by atoms with Gasteiger partial charge in [0.15, 0.2) is 0 Å². The first-order valence-corrected chi connectivity index (χ1v) is 7.99. The second-order valence-electron chi connectivity index (χ2n) is 6.40. The van der Waals surface area contributed by atoms with Gasteiger partial charge in [0.05, 0.1) is 0 Å². The molecule has 0 bridgehead atoms. The quantitative estimate of drug-likeness (QED) is 0.866. The van der Waals surface area contributed by atoms with Gasteiger partial charge < -0.3 is 10.4 Å². The van der Waals surface area contributed by atoms with Gasteiger partial charge in [-0.25, -0.2) is 0 Å². The van der Waals surface area contributed by atoms with Crippen LogP contribution in [0.2, 0.25) is 0 Å². The Morgan fingerprint density at radius 3 is 2.55 bits per heavy atom. The molecular weight excluding hydrogens is 248 g/mol. The van der Waals surface area contributed by atoms with E-state index in [1.165, 1.54) is 32.2 Å². The average Bonchev–Trinajstić information content (AvgIpc) is 3.30. The van der Waals surface area contributed by atoms with Gasteiger partial charge in [0.1, 0.15) is 5.75 Å². The van der Waals surface area contributed by atoms with Gasteiger partial charge in [0.2, 0.25) is 0 Å². The number of piperidine rings is 1. The summed E-state index contributed by atoms with van der Waals surface area (Å²) in [6, 6.07) is 8.73. The number of hydrogen-bond donors (Lipinski definition) is 2. The molecule has 20 heavy (non-hydrogen) atoms. The van der Waals surface area contributed by atoms with E-state index in [1.807, 2.05) is 18.2 Å². The monoisotopic (exact) mass is 274 g/mol. The van der Waals surface area contributed by atoms with Crippen molar-refractivity contribution in [1.82, 2.24) is 10.2 Å². The molecular formula is C17H26N2O. The van der Waals surface area contributed by atoms with E-state index in [0.29, 0.717) is 17.8 Å². The Morgan fingerprint density at radius 1 is 1.20 bits per heavy atom. The number of phenolic OH excluding ortho intramolecular Hbond substituents is 1. The van der Waals surface area contributed by atoms with Crippen molar-refractivity contribution in [2.45, 2.75) is 44.7 Å². The maximum Gasteiger partial charge on any atom is 0.120 e. The fourth-order valence-corrected chi connectivity index (χ4v) is 3.18. The lowest BCUT2D eigenvalue weighted by Gasteiger charge is -2.36. The van der Waals surface area contributed by atoms with Crippen molar-refractivity contribution in [2.75, 3.05) is 19.6 Å². The lowest BCUT2D eigenvalue weighted by Crippen LogP contribution is -2.43. The Labute approximate surface area is 122 Å². The summed E-state index contributed by atoms with van der Waals surface area (Å²) >= 11 is 0. The van der Waals surface area contributed by atoms with E-state index in [0.717, 1.165) is 24.6 Å². The van der Waals surface area contributed by atoms with Gasteiger partial charge in [-0.1, -0.05) is 18.2 Å². The highest BCUT2D eigenvalue weighted by molar-refractivity contribution is 5.34. The minimum absolute atomic E-state index is 0.306. The van der Waals surface area contributed by atoms with Crippen molar-refractivity contribution in [2.24, 2.45) is 5.92 Å². The van der Waals surface area contributed by atoms with E-state index in [1.54, 1.807) is 6.07 Å². The Kier molecular flexibility index (Phi) is 4.27. The number of nitrogens with zero attached hydrogens (tertiary/aromatic N) is 1. The maximum atomic E-state index is 9.98. The molecule has 1 aromatic rings. The normalized spacial score (nSPS) is 22.9. The van der Waals surface area contributed by atoms with Crippen LogP contribution in [0.25, 0.3) is 0 Å². The number of nitrogens with one attached hydrogen (secondary N) is 1.